The first-order chi connectivity index (χ1) is 11.3. The smallest absolute Gasteiger partial charge is 0.264 e. The Morgan fingerprint density at radius 1 is 1.08 bits per heavy atom. The van der Waals surface area contributed by atoms with E-state index in [1.807, 2.05) is 37.3 Å². The molecule has 2 N–H and O–H groups in total. The number of amides is 1. The van der Waals surface area contributed by atoms with Gasteiger partial charge in [-0.25, -0.2) is 13.1 Å². The van der Waals surface area contributed by atoms with Crippen molar-refractivity contribution in [1.82, 2.24) is 10.0 Å². The van der Waals surface area contributed by atoms with Crippen molar-refractivity contribution in [3.63, 3.8) is 0 Å². The van der Waals surface area contributed by atoms with Crippen molar-refractivity contribution in [2.24, 2.45) is 0 Å². The molecule has 1 atom stereocenters. The zero-order chi connectivity index (χ0) is 17.7. The molecule has 5 nitrogen and oxygen atoms in total. The largest absolute Gasteiger partial charge is 0.309 e. The van der Waals surface area contributed by atoms with Gasteiger partial charge in [-0.15, -0.1) is 0 Å². The van der Waals surface area contributed by atoms with E-state index >= 15 is 0 Å². The third-order valence-electron chi connectivity index (χ3n) is 3.80. The molecule has 6 heteroatoms. The lowest BCUT2D eigenvalue weighted by atomic mass is 10.1. The quantitative estimate of drug-likeness (QED) is 0.838. The third kappa shape index (κ3) is 4.43. The molecule has 2 aromatic rings. The van der Waals surface area contributed by atoms with Crippen LogP contribution in [0.4, 0.5) is 0 Å². The number of carbonyl (C=O) groups is 1. The number of nitrogens with one attached hydrogen (secondary N) is 2. The van der Waals surface area contributed by atoms with Gasteiger partial charge < -0.3 is 5.32 Å². The molecule has 0 radical (unpaired) electrons. The minimum atomic E-state index is -3.89. The molecule has 0 aliphatic rings. The summed E-state index contributed by atoms with van der Waals surface area (Å²) in [6, 6.07) is 13.8. The highest BCUT2D eigenvalue weighted by molar-refractivity contribution is 7.90. The second-order valence-corrected chi connectivity index (χ2v) is 7.42. The van der Waals surface area contributed by atoms with Gasteiger partial charge in [-0.3, -0.25) is 4.79 Å². The van der Waals surface area contributed by atoms with Crippen LogP contribution in [0.1, 0.15) is 16.7 Å². The fraction of sp³-hybridized carbons (Fsp3) is 0.278. The summed E-state index contributed by atoms with van der Waals surface area (Å²) in [7, 11) is -2.26. The Kier molecular flexibility index (Phi) is 5.75. The highest BCUT2D eigenvalue weighted by atomic mass is 32.2. The second-order valence-electron chi connectivity index (χ2n) is 5.77. The van der Waals surface area contributed by atoms with Crippen molar-refractivity contribution in [3.05, 3.63) is 65.2 Å². The Bertz CT molecular complexity index is 817. The average Bonchev–Trinajstić information content (AvgIpc) is 2.52. The molecule has 1 amide bonds. The van der Waals surface area contributed by atoms with Crippen molar-refractivity contribution >= 4 is 15.9 Å². The Morgan fingerprint density at radius 2 is 1.75 bits per heavy atom. The monoisotopic (exact) mass is 346 g/mol. The summed E-state index contributed by atoms with van der Waals surface area (Å²) in [5.74, 6) is -0.568. The van der Waals surface area contributed by atoms with Gasteiger partial charge in [0, 0.05) is 0 Å². The van der Waals surface area contributed by atoms with Gasteiger partial charge in [0.05, 0.1) is 10.9 Å². The number of rotatable bonds is 6. The second kappa shape index (κ2) is 7.59. The molecule has 2 rings (SSSR count). The van der Waals surface area contributed by atoms with Crippen molar-refractivity contribution in [2.45, 2.75) is 31.2 Å². The topological polar surface area (TPSA) is 75.3 Å². The average molecular weight is 346 g/mol. The van der Waals surface area contributed by atoms with Crippen LogP contribution in [0.5, 0.6) is 0 Å². The predicted molar refractivity (Wildman–Crippen MR) is 94.2 cm³/mol. The Balaban J connectivity index is 2.16. The Labute approximate surface area is 143 Å². The van der Waals surface area contributed by atoms with Crippen LogP contribution >= 0.6 is 0 Å². The molecule has 1 unspecified atom stereocenters. The van der Waals surface area contributed by atoms with Gasteiger partial charge >= 0.3 is 0 Å². The molecule has 0 saturated heterocycles. The molecule has 0 aliphatic heterocycles. The zero-order valence-corrected chi connectivity index (χ0v) is 14.9. The van der Waals surface area contributed by atoms with Gasteiger partial charge in [0.25, 0.3) is 15.9 Å². The maximum atomic E-state index is 12.5. The van der Waals surface area contributed by atoms with Crippen LogP contribution in [0.15, 0.2) is 53.4 Å². The van der Waals surface area contributed by atoms with Crippen LogP contribution in [0.25, 0.3) is 0 Å². The predicted octanol–water partition coefficient (Wildman–Crippen LogP) is 1.94. The molecular formula is C18H22N2O3S. The van der Waals surface area contributed by atoms with E-state index in [9.17, 15) is 13.2 Å². The summed E-state index contributed by atoms with van der Waals surface area (Å²) in [6.07, 6.45) is 0.408. The number of likely N-dealkylation sites (N-methyl/N-ethyl adjacent to an activating group) is 1. The van der Waals surface area contributed by atoms with E-state index in [4.69, 9.17) is 0 Å². The standard InChI is InChI=1S/C18H22N2O3S/c1-13-9-10-17(14(2)11-13)24(22,23)20-18(21)16(19-3)12-15-7-5-4-6-8-15/h4-11,16,19H,12H2,1-3H3,(H,20,21). The highest BCUT2D eigenvalue weighted by Gasteiger charge is 2.24. The number of hydrogen-bond donors (Lipinski definition) is 2. The molecule has 0 aliphatic carbocycles. The van der Waals surface area contributed by atoms with Crippen LogP contribution in [0.3, 0.4) is 0 Å². The van der Waals surface area contributed by atoms with Crippen LogP contribution in [-0.2, 0) is 21.2 Å². The molecule has 0 saturated carbocycles. The number of sulfonamides is 1. The summed E-state index contributed by atoms with van der Waals surface area (Å²) >= 11 is 0. The van der Waals surface area contributed by atoms with E-state index in [-0.39, 0.29) is 4.90 Å². The number of hydrogen-bond acceptors (Lipinski definition) is 4. The Hall–Kier alpha value is -2.18. The third-order valence-corrected chi connectivity index (χ3v) is 5.31. The number of carbonyl (C=O) groups excluding carboxylic acids is 1. The van der Waals surface area contributed by atoms with Gasteiger partial charge in [-0.2, -0.15) is 0 Å². The van der Waals surface area contributed by atoms with Gasteiger partial charge in [0.1, 0.15) is 0 Å². The lowest BCUT2D eigenvalue weighted by molar-refractivity contribution is -0.121. The van der Waals surface area contributed by atoms with E-state index < -0.39 is 22.0 Å². The number of benzene rings is 2. The highest BCUT2D eigenvalue weighted by Crippen LogP contribution is 2.16. The normalized spacial score (nSPS) is 12.6. The van der Waals surface area contributed by atoms with Crippen molar-refractivity contribution in [2.75, 3.05) is 7.05 Å². The lowest BCUT2D eigenvalue weighted by Gasteiger charge is -2.17. The van der Waals surface area contributed by atoms with E-state index in [0.29, 0.717) is 12.0 Å². The fourth-order valence-electron chi connectivity index (χ4n) is 2.54. The molecule has 128 valence electrons. The summed E-state index contributed by atoms with van der Waals surface area (Å²) in [4.78, 5) is 12.5. The molecule has 24 heavy (non-hydrogen) atoms. The maximum absolute atomic E-state index is 12.5. The first-order valence-electron chi connectivity index (χ1n) is 7.68. The van der Waals surface area contributed by atoms with Crippen LogP contribution in [0, 0.1) is 13.8 Å². The van der Waals surface area contributed by atoms with Gasteiger partial charge in [0.15, 0.2) is 0 Å². The molecule has 0 fully saturated rings. The molecular weight excluding hydrogens is 324 g/mol. The van der Waals surface area contributed by atoms with Gasteiger partial charge in [-0.05, 0) is 44.5 Å². The van der Waals surface area contributed by atoms with E-state index in [1.54, 1.807) is 26.1 Å². The summed E-state index contributed by atoms with van der Waals surface area (Å²) in [6.45, 7) is 3.60. The van der Waals surface area contributed by atoms with E-state index in [2.05, 4.69) is 10.0 Å². The first kappa shape index (κ1) is 18.2. The minimum absolute atomic E-state index is 0.121. The van der Waals surface area contributed by atoms with Crippen LogP contribution < -0.4 is 10.0 Å². The maximum Gasteiger partial charge on any atom is 0.264 e. The minimum Gasteiger partial charge on any atom is -0.309 e. The fourth-order valence-corrected chi connectivity index (χ4v) is 3.78. The number of aryl methyl sites for hydroxylation is 2. The van der Waals surface area contributed by atoms with Gasteiger partial charge in [0.2, 0.25) is 0 Å². The SMILES string of the molecule is CNC(Cc1ccccc1)C(=O)NS(=O)(=O)c1ccc(C)cc1C. The Morgan fingerprint density at radius 3 is 2.33 bits per heavy atom. The summed E-state index contributed by atoms with van der Waals surface area (Å²) < 4.78 is 27.2. The molecule has 0 aromatic heterocycles. The molecule has 0 heterocycles. The summed E-state index contributed by atoms with van der Waals surface area (Å²) in [5.41, 5.74) is 2.53. The van der Waals surface area contributed by atoms with E-state index in [0.717, 1.165) is 11.1 Å². The molecule has 2 aromatic carbocycles. The van der Waals surface area contributed by atoms with Gasteiger partial charge in [-0.1, -0.05) is 48.0 Å². The van der Waals surface area contributed by atoms with Crippen LogP contribution in [0.2, 0.25) is 0 Å². The lowest BCUT2D eigenvalue weighted by Crippen LogP contribution is -2.46. The van der Waals surface area contributed by atoms with Crippen molar-refractivity contribution in [3.8, 4) is 0 Å². The van der Waals surface area contributed by atoms with Crippen molar-refractivity contribution < 1.29 is 13.2 Å². The summed E-state index contributed by atoms with van der Waals surface area (Å²) in [5, 5.41) is 2.87. The molecule has 0 bridgehead atoms. The first-order valence-corrected chi connectivity index (χ1v) is 9.17. The van der Waals surface area contributed by atoms with E-state index in [1.165, 1.54) is 6.07 Å². The van der Waals surface area contributed by atoms with Crippen molar-refractivity contribution in [1.29, 1.82) is 0 Å². The molecule has 0 spiro atoms. The zero-order valence-electron chi connectivity index (χ0n) is 14.0. The van der Waals surface area contributed by atoms with Crippen LogP contribution in [-0.4, -0.2) is 27.4 Å².